The summed E-state index contributed by atoms with van der Waals surface area (Å²) in [4.78, 5) is 26.0. The maximum Gasteiger partial charge on any atom is 0.251 e. The molecule has 1 aromatic rings. The molecule has 8 nitrogen and oxygen atoms in total. The van der Waals surface area contributed by atoms with Crippen LogP contribution >= 0.6 is 0 Å². The fourth-order valence-corrected chi connectivity index (χ4v) is 5.70. The van der Waals surface area contributed by atoms with Gasteiger partial charge in [-0.25, -0.2) is 8.42 Å². The molecule has 3 fully saturated rings. The Labute approximate surface area is 164 Å². The number of carbonyl (C=O) groups is 2. The van der Waals surface area contributed by atoms with Crippen LogP contribution in [0.3, 0.4) is 0 Å². The van der Waals surface area contributed by atoms with Crippen LogP contribution in [0.4, 0.5) is 0 Å². The molecule has 0 aliphatic carbocycles. The van der Waals surface area contributed by atoms with E-state index in [1.807, 2.05) is 4.90 Å². The number of ether oxygens (including phenoxy) is 1. The van der Waals surface area contributed by atoms with Crippen molar-refractivity contribution < 1.29 is 22.7 Å². The molecule has 152 valence electrons. The maximum absolute atomic E-state index is 12.5. The van der Waals surface area contributed by atoms with Gasteiger partial charge in [-0.2, -0.15) is 0 Å². The third kappa shape index (κ3) is 3.42. The summed E-state index contributed by atoms with van der Waals surface area (Å²) in [7, 11) is -3.29. The normalized spacial score (nSPS) is 31.7. The van der Waals surface area contributed by atoms with Gasteiger partial charge in [0, 0.05) is 43.3 Å². The Morgan fingerprint density at radius 2 is 2.04 bits per heavy atom. The highest BCUT2D eigenvalue weighted by Gasteiger charge is 2.62. The Kier molecular flexibility index (Phi) is 4.71. The van der Waals surface area contributed by atoms with E-state index in [-0.39, 0.29) is 46.8 Å². The molecule has 3 aliphatic rings. The van der Waals surface area contributed by atoms with E-state index in [0.717, 1.165) is 25.6 Å². The van der Waals surface area contributed by atoms with Gasteiger partial charge in [-0.1, -0.05) is 0 Å². The van der Waals surface area contributed by atoms with Gasteiger partial charge in [0.05, 0.1) is 23.1 Å². The average Bonchev–Trinajstić information content (AvgIpc) is 3.26. The fourth-order valence-electron chi connectivity index (χ4n) is 5.07. The highest BCUT2D eigenvalue weighted by molar-refractivity contribution is 7.90. The molecule has 1 spiro atoms. The third-order valence-electron chi connectivity index (χ3n) is 6.28. The zero-order valence-corrected chi connectivity index (χ0v) is 16.6. The monoisotopic (exact) mass is 407 g/mol. The van der Waals surface area contributed by atoms with Crippen LogP contribution in [0.2, 0.25) is 0 Å². The highest BCUT2D eigenvalue weighted by atomic mass is 32.2. The van der Waals surface area contributed by atoms with E-state index in [2.05, 4.69) is 5.32 Å². The minimum absolute atomic E-state index is 0.133. The number of carbonyl (C=O) groups excluding carboxylic acids is 2. The van der Waals surface area contributed by atoms with Gasteiger partial charge in [-0.15, -0.1) is 0 Å². The second-order valence-electron chi connectivity index (χ2n) is 8.17. The van der Waals surface area contributed by atoms with Gasteiger partial charge in [0.1, 0.15) is 0 Å². The largest absolute Gasteiger partial charge is 0.370 e. The summed E-state index contributed by atoms with van der Waals surface area (Å²) in [5.74, 6) is -0.0958. The van der Waals surface area contributed by atoms with Crippen LogP contribution in [0.1, 0.15) is 23.2 Å². The van der Waals surface area contributed by atoms with E-state index in [0.29, 0.717) is 18.7 Å². The second kappa shape index (κ2) is 6.82. The molecule has 3 aliphatic heterocycles. The summed E-state index contributed by atoms with van der Waals surface area (Å²) in [5.41, 5.74) is 5.54. The van der Waals surface area contributed by atoms with E-state index in [1.54, 1.807) is 0 Å². The van der Waals surface area contributed by atoms with Crippen LogP contribution < -0.4 is 11.1 Å². The first kappa shape index (κ1) is 19.4. The van der Waals surface area contributed by atoms with Crippen molar-refractivity contribution in [3.05, 3.63) is 29.8 Å². The molecule has 3 heterocycles. The maximum atomic E-state index is 12.5. The number of primary amides is 1. The molecule has 0 saturated carbocycles. The van der Waals surface area contributed by atoms with Crippen LogP contribution in [0.15, 0.2) is 29.2 Å². The molecule has 0 radical (unpaired) electrons. The summed E-state index contributed by atoms with van der Waals surface area (Å²) in [6.45, 7) is 2.20. The van der Waals surface area contributed by atoms with Crippen LogP contribution in [0, 0.1) is 11.8 Å². The number of benzene rings is 1. The van der Waals surface area contributed by atoms with E-state index < -0.39 is 9.84 Å². The molecule has 3 saturated heterocycles. The van der Waals surface area contributed by atoms with Crippen molar-refractivity contribution in [2.45, 2.75) is 29.4 Å². The van der Waals surface area contributed by atoms with Crippen LogP contribution in [-0.4, -0.2) is 69.3 Å². The van der Waals surface area contributed by atoms with Crippen molar-refractivity contribution in [2.75, 3.05) is 32.4 Å². The summed E-state index contributed by atoms with van der Waals surface area (Å²) in [6.07, 6.45) is 3.21. The number of nitrogens with one attached hydrogen (secondary N) is 1. The lowest BCUT2D eigenvalue weighted by molar-refractivity contribution is -0.119. The molecule has 0 aromatic heterocycles. The van der Waals surface area contributed by atoms with Crippen molar-refractivity contribution in [3.8, 4) is 0 Å². The van der Waals surface area contributed by atoms with Gasteiger partial charge in [0.2, 0.25) is 5.91 Å². The number of fused-ring (bicyclic) bond motifs is 1. The molecule has 4 atom stereocenters. The fraction of sp³-hybridized carbons (Fsp3) is 0.579. The molecule has 0 unspecified atom stereocenters. The molecular formula is C19H25N3O5S. The lowest BCUT2D eigenvalue weighted by Gasteiger charge is -2.29. The summed E-state index contributed by atoms with van der Waals surface area (Å²) >= 11 is 0. The molecule has 1 aromatic carbocycles. The van der Waals surface area contributed by atoms with E-state index in [9.17, 15) is 18.0 Å². The lowest BCUT2D eigenvalue weighted by atomic mass is 9.73. The number of sulfone groups is 1. The zero-order valence-electron chi connectivity index (χ0n) is 15.8. The van der Waals surface area contributed by atoms with Gasteiger partial charge in [-0.05, 0) is 37.1 Å². The first-order valence-corrected chi connectivity index (χ1v) is 11.3. The minimum Gasteiger partial charge on any atom is -0.370 e. The second-order valence-corrected chi connectivity index (χ2v) is 10.2. The van der Waals surface area contributed by atoms with Crippen molar-refractivity contribution in [2.24, 2.45) is 17.6 Å². The number of hydrogen-bond acceptors (Lipinski definition) is 6. The van der Waals surface area contributed by atoms with Crippen LogP contribution in [0.25, 0.3) is 0 Å². The first-order valence-electron chi connectivity index (χ1n) is 9.45. The Hall–Kier alpha value is -1.97. The van der Waals surface area contributed by atoms with Gasteiger partial charge in [0.25, 0.3) is 5.91 Å². The number of likely N-dealkylation sites (tertiary alicyclic amines) is 1. The van der Waals surface area contributed by atoms with E-state index >= 15 is 0 Å². The van der Waals surface area contributed by atoms with E-state index in [1.165, 1.54) is 24.3 Å². The van der Waals surface area contributed by atoms with Crippen molar-refractivity contribution in [1.82, 2.24) is 10.2 Å². The lowest BCUT2D eigenvalue weighted by Crippen LogP contribution is -2.41. The van der Waals surface area contributed by atoms with Gasteiger partial charge in [-0.3, -0.25) is 14.5 Å². The number of hydrogen-bond donors (Lipinski definition) is 2. The molecule has 2 bridgehead atoms. The van der Waals surface area contributed by atoms with Gasteiger partial charge >= 0.3 is 0 Å². The molecule has 9 heteroatoms. The van der Waals surface area contributed by atoms with Crippen LogP contribution in [-0.2, 0) is 19.4 Å². The van der Waals surface area contributed by atoms with E-state index in [4.69, 9.17) is 10.5 Å². The van der Waals surface area contributed by atoms with Crippen molar-refractivity contribution in [1.29, 1.82) is 0 Å². The molecular weight excluding hydrogens is 382 g/mol. The minimum atomic E-state index is -3.29. The Morgan fingerprint density at radius 3 is 2.68 bits per heavy atom. The molecule has 4 rings (SSSR count). The molecule has 2 amide bonds. The topological polar surface area (TPSA) is 119 Å². The number of amides is 2. The quantitative estimate of drug-likeness (QED) is 0.673. The molecule has 28 heavy (non-hydrogen) atoms. The SMILES string of the molecule is CS(=O)(=O)c1ccc(C(=O)NC[C@H]2[C@H]3CN(CC(N)=O)C[C@]34CC[C@H]2O4)cc1. The van der Waals surface area contributed by atoms with Gasteiger partial charge in [0.15, 0.2) is 9.84 Å². The zero-order chi connectivity index (χ0) is 20.1. The Balaban J connectivity index is 1.40. The Morgan fingerprint density at radius 1 is 1.32 bits per heavy atom. The number of nitrogens with two attached hydrogens (primary N) is 1. The third-order valence-corrected chi connectivity index (χ3v) is 7.41. The summed E-state index contributed by atoms with van der Waals surface area (Å²) in [6, 6.07) is 5.93. The Bertz CT molecular complexity index is 901. The van der Waals surface area contributed by atoms with Crippen molar-refractivity contribution in [3.63, 3.8) is 0 Å². The standard InChI is InChI=1S/C19H25N3O5S/c1-28(25,26)13-4-2-12(3-5-13)18(24)21-8-14-15-9-22(10-17(20)23)11-19(15)7-6-16(14)27-19/h2-5,14-16H,6-11H2,1H3,(H2,20,23)(H,21,24)/t14-,15+,16+,19+/m0/s1. The van der Waals surface area contributed by atoms with Crippen molar-refractivity contribution >= 4 is 21.7 Å². The van der Waals surface area contributed by atoms with Gasteiger partial charge < -0.3 is 15.8 Å². The smallest absolute Gasteiger partial charge is 0.251 e. The predicted molar refractivity (Wildman–Crippen MR) is 101 cm³/mol. The summed E-state index contributed by atoms with van der Waals surface area (Å²) < 4.78 is 29.4. The summed E-state index contributed by atoms with van der Waals surface area (Å²) in [5, 5.41) is 2.97. The highest BCUT2D eigenvalue weighted by Crippen LogP contribution is 2.54. The number of rotatable bonds is 6. The average molecular weight is 407 g/mol. The number of nitrogens with zero attached hydrogens (tertiary/aromatic N) is 1. The predicted octanol–water partition coefficient (Wildman–Crippen LogP) is -0.215. The first-order chi connectivity index (χ1) is 13.2. The van der Waals surface area contributed by atoms with Crippen LogP contribution in [0.5, 0.6) is 0 Å². The molecule has 3 N–H and O–H groups in total.